The molecule has 0 unspecified atom stereocenters. The molecule has 0 saturated carbocycles. The first-order chi connectivity index (χ1) is 6.25. The third-order valence-corrected chi connectivity index (χ3v) is 2.41. The smallest absolute Gasteiger partial charge is 0.0348 e. The standard InChI is InChI=1S/C11H16ClN/c1-9-4-3-5-10(2)11(9)8-13-7-6-12/h3-5,13H,6-8H2,1-2H3. The minimum Gasteiger partial charge on any atom is -0.311 e. The molecule has 1 nitrogen and oxygen atoms in total. The van der Waals surface area contributed by atoms with Gasteiger partial charge in [-0.15, -0.1) is 11.6 Å². The normalized spacial score (nSPS) is 10.4. The molecule has 0 radical (unpaired) electrons. The maximum atomic E-state index is 5.58. The molecule has 0 spiro atoms. The Kier molecular flexibility index (Phi) is 4.26. The Morgan fingerprint density at radius 1 is 1.23 bits per heavy atom. The van der Waals surface area contributed by atoms with Gasteiger partial charge in [-0.05, 0) is 30.5 Å². The van der Waals surface area contributed by atoms with Crippen LogP contribution in [0.2, 0.25) is 0 Å². The van der Waals surface area contributed by atoms with Crippen molar-refractivity contribution in [3.05, 3.63) is 34.9 Å². The molecule has 1 rings (SSSR count). The van der Waals surface area contributed by atoms with Crippen molar-refractivity contribution in [3.63, 3.8) is 0 Å². The number of alkyl halides is 1. The summed E-state index contributed by atoms with van der Waals surface area (Å²) >= 11 is 5.58. The Morgan fingerprint density at radius 3 is 2.38 bits per heavy atom. The van der Waals surface area contributed by atoms with Gasteiger partial charge in [-0.3, -0.25) is 0 Å². The van der Waals surface area contributed by atoms with Crippen molar-refractivity contribution < 1.29 is 0 Å². The topological polar surface area (TPSA) is 12.0 Å². The second-order valence-corrected chi connectivity index (χ2v) is 3.61. The van der Waals surface area contributed by atoms with Crippen LogP contribution in [0.3, 0.4) is 0 Å². The van der Waals surface area contributed by atoms with Crippen molar-refractivity contribution in [3.8, 4) is 0 Å². The van der Waals surface area contributed by atoms with Crippen LogP contribution in [0.15, 0.2) is 18.2 Å². The minimum absolute atomic E-state index is 0.672. The van der Waals surface area contributed by atoms with Crippen LogP contribution >= 0.6 is 11.6 Å². The average molecular weight is 198 g/mol. The number of hydrogen-bond donors (Lipinski definition) is 1. The molecule has 0 atom stereocenters. The predicted molar refractivity (Wildman–Crippen MR) is 58.3 cm³/mol. The summed E-state index contributed by atoms with van der Waals surface area (Å²) in [5.41, 5.74) is 4.09. The molecule has 0 aliphatic carbocycles. The number of halogens is 1. The summed E-state index contributed by atoms with van der Waals surface area (Å²) in [4.78, 5) is 0. The Bertz CT molecular complexity index is 251. The molecular weight excluding hydrogens is 182 g/mol. The predicted octanol–water partition coefficient (Wildman–Crippen LogP) is 2.63. The number of benzene rings is 1. The van der Waals surface area contributed by atoms with E-state index in [1.807, 2.05) is 0 Å². The van der Waals surface area contributed by atoms with Crippen LogP contribution in [0.25, 0.3) is 0 Å². The molecule has 0 aliphatic rings. The van der Waals surface area contributed by atoms with E-state index in [9.17, 15) is 0 Å². The molecule has 0 bridgehead atoms. The Labute approximate surface area is 85.1 Å². The van der Waals surface area contributed by atoms with Gasteiger partial charge >= 0.3 is 0 Å². The van der Waals surface area contributed by atoms with E-state index < -0.39 is 0 Å². The fourth-order valence-corrected chi connectivity index (χ4v) is 1.54. The van der Waals surface area contributed by atoms with Gasteiger partial charge < -0.3 is 5.32 Å². The highest BCUT2D eigenvalue weighted by Gasteiger charge is 1.99. The Hall–Kier alpha value is -0.530. The molecule has 72 valence electrons. The third kappa shape index (κ3) is 3.02. The zero-order valence-corrected chi connectivity index (χ0v) is 8.99. The second-order valence-electron chi connectivity index (χ2n) is 3.24. The van der Waals surface area contributed by atoms with Crippen molar-refractivity contribution in [2.45, 2.75) is 20.4 Å². The van der Waals surface area contributed by atoms with Crippen LogP contribution < -0.4 is 5.32 Å². The zero-order chi connectivity index (χ0) is 9.68. The maximum Gasteiger partial charge on any atom is 0.0348 e. The number of rotatable bonds is 4. The van der Waals surface area contributed by atoms with E-state index in [4.69, 9.17) is 11.6 Å². The molecular formula is C11H16ClN. The van der Waals surface area contributed by atoms with E-state index in [-0.39, 0.29) is 0 Å². The fourth-order valence-electron chi connectivity index (χ4n) is 1.41. The van der Waals surface area contributed by atoms with Crippen molar-refractivity contribution in [1.29, 1.82) is 0 Å². The molecule has 2 heteroatoms. The van der Waals surface area contributed by atoms with Crippen LogP contribution in [-0.4, -0.2) is 12.4 Å². The highest BCUT2D eigenvalue weighted by molar-refractivity contribution is 6.18. The molecule has 0 amide bonds. The molecule has 13 heavy (non-hydrogen) atoms. The second kappa shape index (κ2) is 5.25. The van der Waals surface area contributed by atoms with E-state index in [1.54, 1.807) is 0 Å². The van der Waals surface area contributed by atoms with Crippen LogP contribution in [0.1, 0.15) is 16.7 Å². The van der Waals surface area contributed by atoms with Gasteiger partial charge in [0, 0.05) is 19.0 Å². The molecule has 0 fully saturated rings. The summed E-state index contributed by atoms with van der Waals surface area (Å²) in [5.74, 6) is 0.672. The van der Waals surface area contributed by atoms with Crippen molar-refractivity contribution in [2.75, 3.05) is 12.4 Å². The molecule has 0 aromatic heterocycles. The van der Waals surface area contributed by atoms with E-state index in [1.165, 1.54) is 16.7 Å². The van der Waals surface area contributed by atoms with Crippen LogP contribution in [-0.2, 0) is 6.54 Å². The van der Waals surface area contributed by atoms with Crippen molar-refractivity contribution in [2.24, 2.45) is 0 Å². The van der Waals surface area contributed by atoms with Gasteiger partial charge in [0.1, 0.15) is 0 Å². The lowest BCUT2D eigenvalue weighted by molar-refractivity contribution is 0.723. The van der Waals surface area contributed by atoms with Gasteiger partial charge in [0.2, 0.25) is 0 Å². The van der Waals surface area contributed by atoms with Crippen LogP contribution in [0.5, 0.6) is 0 Å². The fraction of sp³-hybridized carbons (Fsp3) is 0.455. The van der Waals surface area contributed by atoms with E-state index in [2.05, 4.69) is 37.4 Å². The van der Waals surface area contributed by atoms with Crippen molar-refractivity contribution >= 4 is 11.6 Å². The lowest BCUT2D eigenvalue weighted by Crippen LogP contribution is -2.17. The Balaban J connectivity index is 2.64. The zero-order valence-electron chi connectivity index (χ0n) is 8.23. The largest absolute Gasteiger partial charge is 0.311 e. The van der Waals surface area contributed by atoms with E-state index in [0.29, 0.717) is 5.88 Å². The highest BCUT2D eigenvalue weighted by atomic mass is 35.5. The van der Waals surface area contributed by atoms with Gasteiger partial charge in [-0.1, -0.05) is 18.2 Å². The first-order valence-electron chi connectivity index (χ1n) is 4.57. The van der Waals surface area contributed by atoms with E-state index in [0.717, 1.165) is 13.1 Å². The first kappa shape index (κ1) is 10.6. The average Bonchev–Trinajstić information content (AvgIpc) is 2.10. The summed E-state index contributed by atoms with van der Waals surface area (Å²) in [6.45, 7) is 6.08. The van der Waals surface area contributed by atoms with Crippen molar-refractivity contribution in [1.82, 2.24) is 5.32 Å². The molecule has 1 N–H and O–H groups in total. The summed E-state index contributed by atoms with van der Waals surface area (Å²) in [5, 5.41) is 3.30. The maximum absolute atomic E-state index is 5.58. The lowest BCUT2D eigenvalue weighted by atomic mass is 10.0. The first-order valence-corrected chi connectivity index (χ1v) is 5.11. The summed E-state index contributed by atoms with van der Waals surface area (Å²) in [6.07, 6.45) is 0. The van der Waals surface area contributed by atoms with E-state index >= 15 is 0 Å². The quantitative estimate of drug-likeness (QED) is 0.578. The monoisotopic (exact) mass is 197 g/mol. The Morgan fingerprint density at radius 2 is 1.85 bits per heavy atom. The lowest BCUT2D eigenvalue weighted by Gasteiger charge is -2.09. The van der Waals surface area contributed by atoms with Crippen LogP contribution in [0, 0.1) is 13.8 Å². The summed E-state index contributed by atoms with van der Waals surface area (Å²) in [7, 11) is 0. The number of hydrogen-bond acceptors (Lipinski definition) is 1. The summed E-state index contributed by atoms with van der Waals surface area (Å²) in [6, 6.07) is 6.38. The SMILES string of the molecule is Cc1cccc(C)c1CNCCCl. The minimum atomic E-state index is 0.672. The number of nitrogens with one attached hydrogen (secondary N) is 1. The highest BCUT2D eigenvalue weighted by Crippen LogP contribution is 2.12. The van der Waals surface area contributed by atoms with Gasteiger partial charge in [0.15, 0.2) is 0 Å². The molecule has 0 saturated heterocycles. The molecule has 0 heterocycles. The van der Waals surface area contributed by atoms with Gasteiger partial charge in [0.25, 0.3) is 0 Å². The number of aryl methyl sites for hydroxylation is 2. The molecule has 1 aromatic rings. The van der Waals surface area contributed by atoms with Crippen LogP contribution in [0.4, 0.5) is 0 Å². The van der Waals surface area contributed by atoms with Gasteiger partial charge in [-0.2, -0.15) is 0 Å². The third-order valence-electron chi connectivity index (χ3n) is 2.22. The molecule has 0 aliphatic heterocycles. The van der Waals surface area contributed by atoms with Gasteiger partial charge in [0.05, 0.1) is 0 Å². The summed E-state index contributed by atoms with van der Waals surface area (Å²) < 4.78 is 0. The molecule has 1 aromatic carbocycles. The van der Waals surface area contributed by atoms with Gasteiger partial charge in [-0.25, -0.2) is 0 Å².